The zero-order valence-corrected chi connectivity index (χ0v) is 26.2. The molecule has 9 nitrogen and oxygen atoms in total. The number of hydrogen-bond donors (Lipinski definition) is 1. The van der Waals surface area contributed by atoms with Crippen LogP contribution in [0.1, 0.15) is 43.9 Å². The summed E-state index contributed by atoms with van der Waals surface area (Å²) in [6, 6.07) is 17.7. The lowest BCUT2D eigenvalue weighted by atomic mass is 10.1. The molecule has 0 aliphatic rings. The van der Waals surface area contributed by atoms with Crippen LogP contribution in [-0.2, 0) is 26.2 Å². The Morgan fingerprint density at radius 2 is 1.55 bits per heavy atom. The SMILES string of the molecule is CCC(C)NC(=O)C(C)N(Cc1ccccc1C)C(=O)CN(c1ccc(OC)c(OC)c1)S(=O)(=O)c1ccc(C)cc1. The summed E-state index contributed by atoms with van der Waals surface area (Å²) in [6.07, 6.45) is 0.728. The van der Waals surface area contributed by atoms with Gasteiger partial charge in [0.15, 0.2) is 11.5 Å². The number of nitrogens with one attached hydrogen (secondary N) is 1. The van der Waals surface area contributed by atoms with Gasteiger partial charge >= 0.3 is 0 Å². The highest BCUT2D eigenvalue weighted by Gasteiger charge is 2.33. The molecular formula is C32H41N3O6S. The van der Waals surface area contributed by atoms with Gasteiger partial charge in [-0.2, -0.15) is 0 Å². The first-order chi connectivity index (χ1) is 19.9. The first kappa shape index (κ1) is 32.5. The number of carbonyl (C=O) groups is 2. The maximum Gasteiger partial charge on any atom is 0.264 e. The zero-order valence-electron chi connectivity index (χ0n) is 25.4. The van der Waals surface area contributed by atoms with Crippen LogP contribution < -0.4 is 19.1 Å². The Bertz CT molecular complexity index is 1490. The third kappa shape index (κ3) is 7.61. The Morgan fingerprint density at radius 3 is 2.14 bits per heavy atom. The summed E-state index contributed by atoms with van der Waals surface area (Å²) in [4.78, 5) is 28.8. The lowest BCUT2D eigenvalue weighted by Crippen LogP contribution is -2.52. The van der Waals surface area contributed by atoms with E-state index in [1.54, 1.807) is 31.2 Å². The number of nitrogens with zero attached hydrogens (tertiary/aromatic N) is 2. The summed E-state index contributed by atoms with van der Waals surface area (Å²) in [6.45, 7) is 8.89. The van der Waals surface area contributed by atoms with Crippen LogP contribution in [-0.4, -0.2) is 58.0 Å². The summed E-state index contributed by atoms with van der Waals surface area (Å²) in [5.41, 5.74) is 2.92. The standard InChI is InChI=1S/C32H41N3O6S/c1-8-24(4)33-32(37)25(5)34(20-26-12-10-9-11-23(26)3)31(36)21-35(27-15-18-29(40-6)30(19-27)41-7)42(38,39)28-16-13-22(2)14-17-28/h9-19,24-25H,8,20-21H2,1-7H3,(H,33,37). The van der Waals surface area contributed by atoms with Crippen molar-refractivity contribution in [2.24, 2.45) is 0 Å². The maximum atomic E-state index is 14.1. The molecule has 0 saturated carbocycles. The van der Waals surface area contributed by atoms with Gasteiger partial charge in [-0.15, -0.1) is 0 Å². The Kier molecular flexibility index (Phi) is 11.0. The molecule has 0 heterocycles. The number of ether oxygens (including phenoxy) is 2. The number of methoxy groups -OCH3 is 2. The van der Waals surface area contributed by atoms with Crippen molar-refractivity contribution in [2.45, 2.75) is 64.6 Å². The van der Waals surface area contributed by atoms with E-state index in [4.69, 9.17) is 9.47 Å². The van der Waals surface area contributed by atoms with E-state index in [9.17, 15) is 18.0 Å². The smallest absolute Gasteiger partial charge is 0.264 e. The molecule has 0 spiro atoms. The van der Waals surface area contributed by atoms with Gasteiger partial charge in [0, 0.05) is 18.7 Å². The van der Waals surface area contributed by atoms with Crippen molar-refractivity contribution in [1.82, 2.24) is 10.2 Å². The Balaban J connectivity index is 2.10. The van der Waals surface area contributed by atoms with Crippen LogP contribution in [0, 0.1) is 13.8 Å². The number of amides is 2. The predicted molar refractivity (Wildman–Crippen MR) is 164 cm³/mol. The second kappa shape index (κ2) is 14.2. The first-order valence-electron chi connectivity index (χ1n) is 13.9. The number of aryl methyl sites for hydroxylation is 2. The summed E-state index contributed by atoms with van der Waals surface area (Å²) in [5.74, 6) is -0.123. The molecule has 0 saturated heterocycles. The quantitative estimate of drug-likeness (QED) is 0.303. The Morgan fingerprint density at radius 1 is 0.905 bits per heavy atom. The minimum atomic E-state index is -4.21. The maximum absolute atomic E-state index is 14.1. The molecule has 0 aliphatic carbocycles. The number of hydrogen-bond acceptors (Lipinski definition) is 6. The first-order valence-corrected chi connectivity index (χ1v) is 15.3. The molecule has 2 unspecified atom stereocenters. The molecule has 3 rings (SSSR count). The number of anilines is 1. The fourth-order valence-corrected chi connectivity index (χ4v) is 5.77. The van der Waals surface area contributed by atoms with Crippen LogP contribution in [0.15, 0.2) is 71.6 Å². The van der Waals surface area contributed by atoms with Gasteiger partial charge in [0.25, 0.3) is 10.0 Å². The molecule has 42 heavy (non-hydrogen) atoms. The monoisotopic (exact) mass is 595 g/mol. The van der Waals surface area contributed by atoms with E-state index in [-0.39, 0.29) is 29.1 Å². The van der Waals surface area contributed by atoms with E-state index in [0.29, 0.717) is 11.5 Å². The van der Waals surface area contributed by atoms with Crippen LogP contribution in [0.5, 0.6) is 11.5 Å². The van der Waals surface area contributed by atoms with Crippen LogP contribution in [0.3, 0.4) is 0 Å². The molecule has 0 radical (unpaired) electrons. The van der Waals surface area contributed by atoms with Crippen molar-refractivity contribution in [3.05, 3.63) is 83.4 Å². The average molecular weight is 596 g/mol. The van der Waals surface area contributed by atoms with E-state index in [0.717, 1.165) is 27.4 Å². The largest absolute Gasteiger partial charge is 0.493 e. The van der Waals surface area contributed by atoms with Gasteiger partial charge in [0.05, 0.1) is 24.8 Å². The summed E-state index contributed by atoms with van der Waals surface area (Å²) >= 11 is 0. The normalized spacial score (nSPS) is 12.6. The molecule has 1 N–H and O–H groups in total. The van der Waals surface area contributed by atoms with Crippen LogP contribution in [0.4, 0.5) is 5.69 Å². The number of carbonyl (C=O) groups excluding carboxylic acids is 2. The molecule has 226 valence electrons. The van der Waals surface area contributed by atoms with Crippen molar-refractivity contribution >= 4 is 27.5 Å². The second-order valence-corrected chi connectivity index (χ2v) is 12.2. The van der Waals surface area contributed by atoms with Gasteiger partial charge in [0.2, 0.25) is 11.8 Å². The number of rotatable bonds is 13. The molecule has 2 amide bonds. The molecule has 10 heteroatoms. The molecule has 2 atom stereocenters. The van der Waals surface area contributed by atoms with Crippen molar-refractivity contribution < 1.29 is 27.5 Å². The average Bonchev–Trinajstić information content (AvgIpc) is 2.98. The van der Waals surface area contributed by atoms with Crippen LogP contribution >= 0.6 is 0 Å². The summed E-state index contributed by atoms with van der Waals surface area (Å²) < 4.78 is 39.9. The molecular weight excluding hydrogens is 554 g/mol. The molecule has 0 aromatic heterocycles. The van der Waals surface area contributed by atoms with Crippen molar-refractivity contribution in [2.75, 3.05) is 25.1 Å². The second-order valence-electron chi connectivity index (χ2n) is 10.3. The van der Waals surface area contributed by atoms with E-state index < -0.39 is 28.5 Å². The van der Waals surface area contributed by atoms with Crippen LogP contribution in [0.2, 0.25) is 0 Å². The highest BCUT2D eigenvalue weighted by molar-refractivity contribution is 7.92. The zero-order chi connectivity index (χ0) is 31.0. The molecule has 3 aromatic rings. The van der Waals surface area contributed by atoms with Gasteiger partial charge in [-0.3, -0.25) is 13.9 Å². The molecule has 0 bridgehead atoms. The van der Waals surface area contributed by atoms with E-state index in [1.807, 2.05) is 52.0 Å². The topological polar surface area (TPSA) is 105 Å². The Labute approximate surface area is 249 Å². The fraction of sp³-hybridized carbons (Fsp3) is 0.375. The van der Waals surface area contributed by atoms with Gasteiger partial charge in [-0.25, -0.2) is 8.42 Å². The van der Waals surface area contributed by atoms with E-state index in [1.165, 1.54) is 37.3 Å². The van der Waals surface area contributed by atoms with Crippen molar-refractivity contribution in [3.63, 3.8) is 0 Å². The molecule has 3 aromatic carbocycles. The fourth-order valence-electron chi connectivity index (χ4n) is 4.37. The lowest BCUT2D eigenvalue weighted by Gasteiger charge is -2.33. The number of benzene rings is 3. The summed E-state index contributed by atoms with van der Waals surface area (Å²) in [7, 11) is -1.27. The van der Waals surface area contributed by atoms with E-state index >= 15 is 0 Å². The van der Waals surface area contributed by atoms with Gasteiger partial charge < -0.3 is 19.7 Å². The van der Waals surface area contributed by atoms with E-state index in [2.05, 4.69) is 5.32 Å². The minimum Gasteiger partial charge on any atom is -0.493 e. The van der Waals surface area contributed by atoms with Crippen molar-refractivity contribution in [1.29, 1.82) is 0 Å². The van der Waals surface area contributed by atoms with Gasteiger partial charge in [-0.05, 0) is 69.5 Å². The van der Waals surface area contributed by atoms with Gasteiger partial charge in [0.1, 0.15) is 12.6 Å². The molecule has 0 fully saturated rings. The van der Waals surface area contributed by atoms with Crippen molar-refractivity contribution in [3.8, 4) is 11.5 Å². The predicted octanol–water partition coefficient (Wildman–Crippen LogP) is 4.85. The number of sulfonamides is 1. The minimum absolute atomic E-state index is 0.0312. The van der Waals surface area contributed by atoms with Crippen LogP contribution in [0.25, 0.3) is 0 Å². The third-order valence-corrected chi connectivity index (χ3v) is 9.10. The van der Waals surface area contributed by atoms with Gasteiger partial charge in [-0.1, -0.05) is 48.9 Å². The highest BCUT2D eigenvalue weighted by atomic mass is 32.2. The summed E-state index contributed by atoms with van der Waals surface area (Å²) in [5, 5.41) is 2.94. The Hall–Kier alpha value is -4.05. The lowest BCUT2D eigenvalue weighted by molar-refractivity contribution is -0.139. The highest BCUT2D eigenvalue weighted by Crippen LogP contribution is 2.34. The molecule has 0 aliphatic heterocycles. The third-order valence-electron chi connectivity index (χ3n) is 7.31.